The maximum atomic E-state index is 11.7. The molecule has 1 heterocycles. The third-order valence-corrected chi connectivity index (χ3v) is 4.01. The molecule has 0 amide bonds. The van der Waals surface area contributed by atoms with E-state index in [2.05, 4.69) is 31.9 Å². The second-order valence-electron chi connectivity index (χ2n) is 3.13. The van der Waals surface area contributed by atoms with E-state index in [-0.39, 0.29) is 20.5 Å². The Morgan fingerprint density at radius 3 is 2.06 bits per heavy atom. The Kier molecular flexibility index (Phi) is 2.81. The smallest absolute Gasteiger partial charge is 0.465 e. The summed E-state index contributed by atoms with van der Waals surface area (Å²) in [6.45, 7) is 0. The molecule has 0 aliphatic carbocycles. The predicted octanol–water partition coefficient (Wildman–Crippen LogP) is 1.21. The Morgan fingerprint density at radius 2 is 1.59 bits per heavy atom. The molecule has 0 spiro atoms. The summed E-state index contributed by atoms with van der Waals surface area (Å²) in [5.41, 5.74) is -0.683. The number of hydrogen-bond donors (Lipinski definition) is 1. The highest BCUT2D eigenvalue weighted by Crippen LogP contribution is 2.26. The highest BCUT2D eigenvalue weighted by atomic mass is 79.9. The second-order valence-corrected chi connectivity index (χ2v) is 4.84. The van der Waals surface area contributed by atoms with Crippen molar-refractivity contribution < 1.29 is 14.6 Å². The summed E-state index contributed by atoms with van der Waals surface area (Å²) >= 11 is 6.36. The Labute approximate surface area is 112 Å². The first-order valence-corrected chi connectivity index (χ1v) is 5.83. The van der Waals surface area contributed by atoms with Crippen LogP contribution < -0.4 is 9.46 Å². The zero-order chi connectivity index (χ0) is 12.7. The molecule has 0 aliphatic rings. The number of halogens is 2. The van der Waals surface area contributed by atoms with Crippen LogP contribution in [-0.2, 0) is 0 Å². The topological polar surface area (TPSA) is 97.9 Å². The molecular weight excluding hydrogens is 358 g/mol. The Morgan fingerprint density at radius 1 is 1.12 bits per heavy atom. The third-order valence-electron chi connectivity index (χ3n) is 2.17. The molecule has 6 nitrogen and oxygen atoms in total. The maximum absolute atomic E-state index is 11.7. The van der Waals surface area contributed by atoms with Gasteiger partial charge in [-0.2, -0.15) is 5.26 Å². The molecule has 0 saturated carbocycles. The van der Waals surface area contributed by atoms with Gasteiger partial charge in [0.05, 0.1) is 0 Å². The van der Waals surface area contributed by atoms with Gasteiger partial charge < -0.3 is 15.5 Å². The summed E-state index contributed by atoms with van der Waals surface area (Å²) in [7, 11) is 0. The minimum atomic E-state index is -0.913. The first-order chi connectivity index (χ1) is 7.97. The lowest BCUT2D eigenvalue weighted by atomic mass is 10.3. The van der Waals surface area contributed by atoms with E-state index in [0.717, 1.165) is 0 Å². The summed E-state index contributed by atoms with van der Waals surface area (Å²) in [6.07, 6.45) is 0. The van der Waals surface area contributed by atoms with Crippen molar-refractivity contribution in [2.75, 3.05) is 0 Å². The quantitative estimate of drug-likeness (QED) is 0.563. The summed E-state index contributed by atoms with van der Waals surface area (Å²) < 4.78 is 1.47. The molecule has 0 atom stereocenters. The van der Waals surface area contributed by atoms with Gasteiger partial charge >= 0.3 is 11.6 Å². The molecule has 0 aliphatic heterocycles. The Bertz CT molecular complexity index is 682. The fraction of sp³-hybridized carbons (Fsp3) is 0. The van der Waals surface area contributed by atoms with E-state index in [0.29, 0.717) is 8.95 Å². The van der Waals surface area contributed by atoms with Crippen LogP contribution in [0.2, 0.25) is 0 Å². The van der Waals surface area contributed by atoms with Gasteiger partial charge in [0, 0.05) is 21.1 Å². The van der Waals surface area contributed by atoms with Gasteiger partial charge in [-0.05, 0) is 31.9 Å². The molecule has 17 heavy (non-hydrogen) atoms. The third kappa shape index (κ3) is 1.67. The van der Waals surface area contributed by atoms with Crippen molar-refractivity contribution in [3.63, 3.8) is 0 Å². The lowest BCUT2D eigenvalue weighted by molar-refractivity contribution is -0.636. The molecule has 2 rings (SSSR count). The van der Waals surface area contributed by atoms with Crippen molar-refractivity contribution >= 4 is 42.9 Å². The monoisotopic (exact) mass is 359 g/mol. The minimum absolute atomic E-state index is 0.00979. The molecule has 0 radical (unpaired) electrons. The van der Waals surface area contributed by atoms with E-state index in [1.54, 1.807) is 0 Å². The van der Waals surface area contributed by atoms with Crippen molar-refractivity contribution in [1.29, 1.82) is 5.26 Å². The lowest BCUT2D eigenvalue weighted by Gasteiger charge is -2.06. The van der Waals surface area contributed by atoms with Crippen molar-refractivity contribution in [2.24, 2.45) is 0 Å². The van der Waals surface area contributed by atoms with Crippen molar-refractivity contribution in [2.45, 2.75) is 0 Å². The van der Waals surface area contributed by atoms with E-state index >= 15 is 0 Å². The van der Waals surface area contributed by atoms with E-state index in [9.17, 15) is 15.5 Å². The second kappa shape index (κ2) is 4.01. The van der Waals surface area contributed by atoms with Gasteiger partial charge in [-0.15, -0.1) is 9.46 Å². The number of nitrogens with zero attached hydrogens (tertiary/aromatic N) is 3. The lowest BCUT2D eigenvalue weighted by Crippen LogP contribution is -2.41. The zero-order valence-electron chi connectivity index (χ0n) is 8.02. The molecule has 2 aromatic rings. The molecule has 1 aromatic carbocycles. The molecular formula is C9H3Br2N3O3. The van der Waals surface area contributed by atoms with Crippen LogP contribution in [0.5, 0.6) is 5.88 Å². The first kappa shape index (κ1) is 11.9. The van der Waals surface area contributed by atoms with Gasteiger partial charge in [-0.25, -0.2) is 0 Å². The standard InChI is InChI=1S/C9H3Br2N3O3/c10-4-1-6-7(2-5(4)11)14(17)9(15)8(3-12)13(6)16/h1-2,15H. The van der Waals surface area contributed by atoms with Gasteiger partial charge in [0.15, 0.2) is 6.07 Å². The molecule has 8 heteroatoms. The minimum Gasteiger partial charge on any atom is -0.617 e. The molecule has 1 N–H and O–H groups in total. The highest BCUT2D eigenvalue weighted by Gasteiger charge is 2.28. The average Bonchev–Trinajstić information content (AvgIpc) is 2.30. The zero-order valence-corrected chi connectivity index (χ0v) is 11.2. The normalized spacial score (nSPS) is 10.4. The predicted molar refractivity (Wildman–Crippen MR) is 63.6 cm³/mol. The van der Waals surface area contributed by atoms with Crippen LogP contribution >= 0.6 is 31.9 Å². The molecule has 0 unspecified atom stereocenters. The summed E-state index contributed by atoms with van der Waals surface area (Å²) in [4.78, 5) is 0. The molecule has 0 bridgehead atoms. The first-order valence-electron chi connectivity index (χ1n) is 4.24. The van der Waals surface area contributed by atoms with Crippen LogP contribution in [0, 0.1) is 21.7 Å². The van der Waals surface area contributed by atoms with Gasteiger partial charge in [0.25, 0.3) is 11.0 Å². The van der Waals surface area contributed by atoms with Crippen LogP contribution in [0.4, 0.5) is 0 Å². The van der Waals surface area contributed by atoms with Gasteiger partial charge in [0.2, 0.25) is 0 Å². The van der Waals surface area contributed by atoms with Gasteiger partial charge in [0.1, 0.15) is 0 Å². The fourth-order valence-corrected chi connectivity index (χ4v) is 2.03. The van der Waals surface area contributed by atoms with E-state index in [1.807, 2.05) is 0 Å². The average molecular weight is 361 g/mol. The summed E-state index contributed by atoms with van der Waals surface area (Å²) in [5.74, 6) is -0.913. The Balaban J connectivity index is 3.05. The van der Waals surface area contributed by atoms with Crippen molar-refractivity contribution in [3.05, 3.63) is 37.2 Å². The largest absolute Gasteiger partial charge is 0.617 e. The molecule has 1 aromatic heterocycles. The summed E-state index contributed by atoms with van der Waals surface area (Å²) in [6, 6.07) is 4.25. The van der Waals surface area contributed by atoms with Crippen LogP contribution in [-0.4, -0.2) is 5.11 Å². The Hall–Kier alpha value is -1.59. The number of aromatic nitrogens is 2. The highest BCUT2D eigenvalue weighted by molar-refractivity contribution is 9.13. The summed E-state index contributed by atoms with van der Waals surface area (Å²) in [5, 5.41) is 41.5. The SMILES string of the molecule is N#Cc1c(O)[n+]([O-])c2cc(Br)c(Br)cc2[n+]1[O-]. The van der Waals surface area contributed by atoms with Crippen molar-refractivity contribution in [1.82, 2.24) is 0 Å². The number of fused-ring (bicyclic) bond motifs is 1. The van der Waals surface area contributed by atoms with Crippen LogP contribution in [0.3, 0.4) is 0 Å². The van der Waals surface area contributed by atoms with Crippen LogP contribution in [0.25, 0.3) is 11.0 Å². The number of hydrogen-bond acceptors (Lipinski definition) is 4. The molecule has 0 saturated heterocycles. The van der Waals surface area contributed by atoms with Gasteiger partial charge in [-0.1, -0.05) is 0 Å². The van der Waals surface area contributed by atoms with Crippen LogP contribution in [0.1, 0.15) is 5.69 Å². The van der Waals surface area contributed by atoms with E-state index in [4.69, 9.17) is 5.26 Å². The maximum Gasteiger partial charge on any atom is 0.465 e. The fourth-order valence-electron chi connectivity index (χ4n) is 1.37. The molecule has 0 fully saturated rings. The number of nitriles is 1. The van der Waals surface area contributed by atoms with Crippen LogP contribution in [0.15, 0.2) is 21.1 Å². The number of benzene rings is 1. The van der Waals surface area contributed by atoms with Crippen molar-refractivity contribution in [3.8, 4) is 11.9 Å². The van der Waals surface area contributed by atoms with E-state index in [1.165, 1.54) is 18.2 Å². The number of aromatic hydroxyl groups is 1. The van der Waals surface area contributed by atoms with Gasteiger partial charge in [-0.3, -0.25) is 0 Å². The molecule has 86 valence electrons. The number of rotatable bonds is 0. The van der Waals surface area contributed by atoms with E-state index < -0.39 is 11.6 Å².